The van der Waals surface area contributed by atoms with Crippen LogP contribution in [0.15, 0.2) is 18.2 Å². The lowest BCUT2D eigenvalue weighted by atomic mass is 9.87. The molecule has 0 bridgehead atoms. The van der Waals surface area contributed by atoms with Crippen LogP contribution in [0.25, 0.3) is 0 Å². The van der Waals surface area contributed by atoms with Crippen LogP contribution in [-0.2, 0) is 27.5 Å². The quantitative estimate of drug-likeness (QED) is 0.338. The fourth-order valence-corrected chi connectivity index (χ4v) is 7.06. The van der Waals surface area contributed by atoms with Gasteiger partial charge < -0.3 is 19.4 Å². The number of hydrogen-bond acceptors (Lipinski definition) is 7. The first-order valence-corrected chi connectivity index (χ1v) is 15.8. The summed E-state index contributed by atoms with van der Waals surface area (Å²) in [5.74, 6) is 1.30. The van der Waals surface area contributed by atoms with Crippen LogP contribution in [0.5, 0.6) is 5.75 Å². The highest BCUT2D eigenvalue weighted by atomic mass is 32.2. The molecule has 8 nitrogen and oxygen atoms in total. The SMILES string of the molecule is CCCN(CCCCN1CCN(CS(=O)(=O)CCN(C)C)CCC1=O)C1CCc2cc(OC)ccc2C1. The lowest BCUT2D eigenvalue weighted by Gasteiger charge is -2.35. The Hall–Kier alpha value is -1.68. The van der Waals surface area contributed by atoms with Gasteiger partial charge in [0, 0.05) is 45.2 Å². The van der Waals surface area contributed by atoms with Crippen LogP contribution in [0, 0.1) is 0 Å². The van der Waals surface area contributed by atoms with Gasteiger partial charge in [0.1, 0.15) is 11.6 Å². The lowest BCUT2D eigenvalue weighted by molar-refractivity contribution is -0.130. The van der Waals surface area contributed by atoms with Crippen LogP contribution < -0.4 is 4.74 Å². The van der Waals surface area contributed by atoms with E-state index in [1.54, 1.807) is 7.11 Å². The summed E-state index contributed by atoms with van der Waals surface area (Å²) in [6, 6.07) is 7.06. The lowest BCUT2D eigenvalue weighted by Crippen LogP contribution is -2.41. The number of aryl methyl sites for hydroxylation is 1. The van der Waals surface area contributed by atoms with Crippen LogP contribution in [0.3, 0.4) is 0 Å². The van der Waals surface area contributed by atoms with Crippen molar-refractivity contribution in [3.05, 3.63) is 29.3 Å². The number of carbonyl (C=O) groups excluding carboxylic acids is 1. The first-order chi connectivity index (χ1) is 17.7. The van der Waals surface area contributed by atoms with Gasteiger partial charge in [-0.05, 0) is 89.0 Å². The molecule has 210 valence electrons. The Kier molecular flexibility index (Phi) is 11.7. The second kappa shape index (κ2) is 14.5. The fraction of sp³-hybridized carbons (Fsp3) is 0.750. The van der Waals surface area contributed by atoms with Gasteiger partial charge in [0.05, 0.1) is 12.9 Å². The molecule has 1 atom stereocenters. The number of nitrogens with zero attached hydrogens (tertiary/aromatic N) is 4. The van der Waals surface area contributed by atoms with Crippen LogP contribution in [0.1, 0.15) is 50.2 Å². The smallest absolute Gasteiger partial charge is 0.223 e. The molecule has 37 heavy (non-hydrogen) atoms. The summed E-state index contributed by atoms with van der Waals surface area (Å²) >= 11 is 0. The van der Waals surface area contributed by atoms with E-state index in [4.69, 9.17) is 4.74 Å². The van der Waals surface area contributed by atoms with Gasteiger partial charge in [0.2, 0.25) is 5.91 Å². The van der Waals surface area contributed by atoms with E-state index in [2.05, 4.69) is 30.0 Å². The number of fused-ring (bicyclic) bond motifs is 1. The van der Waals surface area contributed by atoms with Crippen molar-refractivity contribution in [1.82, 2.24) is 19.6 Å². The van der Waals surface area contributed by atoms with Crippen molar-refractivity contribution in [3.63, 3.8) is 0 Å². The Labute approximate surface area is 224 Å². The van der Waals surface area contributed by atoms with Crippen molar-refractivity contribution < 1.29 is 17.9 Å². The molecule has 1 fully saturated rings. The summed E-state index contributed by atoms with van der Waals surface area (Å²) in [6.07, 6.45) is 6.96. The van der Waals surface area contributed by atoms with Crippen molar-refractivity contribution in [2.24, 2.45) is 0 Å². The summed E-state index contributed by atoms with van der Waals surface area (Å²) in [4.78, 5) is 21.1. The standard InChI is InChI=1S/C28H48N4O4S/c1-5-13-31(26-10-8-25-22-27(36-4)11-9-24(25)21-26)14-6-7-15-32-18-17-30(16-12-28(32)33)23-37(34,35)20-19-29(2)3/h9,11,22,26H,5-8,10,12-21,23H2,1-4H3. The zero-order valence-corrected chi connectivity index (χ0v) is 24.3. The predicted molar refractivity (Wildman–Crippen MR) is 150 cm³/mol. The Balaban J connectivity index is 1.44. The average molecular weight is 537 g/mol. The van der Waals surface area contributed by atoms with Crippen molar-refractivity contribution in [3.8, 4) is 5.75 Å². The van der Waals surface area contributed by atoms with Gasteiger partial charge >= 0.3 is 0 Å². The summed E-state index contributed by atoms with van der Waals surface area (Å²) < 4.78 is 30.3. The summed E-state index contributed by atoms with van der Waals surface area (Å²) in [7, 11) is 2.33. The molecule has 1 aliphatic carbocycles. The molecule has 0 saturated carbocycles. The van der Waals surface area contributed by atoms with E-state index in [1.165, 1.54) is 17.5 Å². The van der Waals surface area contributed by atoms with Crippen LogP contribution in [0.4, 0.5) is 0 Å². The normalized spacial score (nSPS) is 19.4. The Morgan fingerprint density at radius 1 is 1.03 bits per heavy atom. The second-order valence-corrected chi connectivity index (χ2v) is 13.1. The molecule has 9 heteroatoms. The van der Waals surface area contributed by atoms with Gasteiger partial charge in [-0.1, -0.05) is 13.0 Å². The zero-order chi connectivity index (χ0) is 26.8. The molecule has 1 aromatic rings. The number of sulfone groups is 1. The van der Waals surface area contributed by atoms with Gasteiger partial charge in [-0.3, -0.25) is 9.69 Å². The third-order valence-corrected chi connectivity index (χ3v) is 9.24. The van der Waals surface area contributed by atoms with Crippen molar-refractivity contribution in [2.45, 2.75) is 57.9 Å². The number of hydrogen-bond donors (Lipinski definition) is 0. The summed E-state index contributed by atoms with van der Waals surface area (Å²) in [6.45, 7) is 7.46. The van der Waals surface area contributed by atoms with E-state index in [9.17, 15) is 13.2 Å². The highest BCUT2D eigenvalue weighted by Gasteiger charge is 2.26. The minimum Gasteiger partial charge on any atom is -0.497 e. The maximum Gasteiger partial charge on any atom is 0.223 e. The first kappa shape index (κ1) is 29.9. The van der Waals surface area contributed by atoms with Gasteiger partial charge in [0.15, 0.2) is 9.84 Å². The fourth-order valence-electron chi connectivity index (χ4n) is 5.47. The maximum atomic E-state index is 12.7. The molecule has 1 aromatic carbocycles. The second-order valence-electron chi connectivity index (χ2n) is 10.9. The van der Waals surface area contributed by atoms with Crippen LogP contribution >= 0.6 is 0 Å². The molecule has 2 aliphatic rings. The number of ether oxygens (including phenoxy) is 1. The number of benzene rings is 1. The third kappa shape index (κ3) is 9.53. The van der Waals surface area contributed by atoms with Crippen molar-refractivity contribution in [1.29, 1.82) is 0 Å². The third-order valence-electron chi connectivity index (χ3n) is 7.68. The van der Waals surface area contributed by atoms with E-state index in [1.807, 2.05) is 28.8 Å². The molecule has 3 rings (SSSR count). The van der Waals surface area contributed by atoms with E-state index in [-0.39, 0.29) is 17.5 Å². The molecule has 1 saturated heterocycles. The average Bonchev–Trinajstić information content (AvgIpc) is 3.04. The van der Waals surface area contributed by atoms with Crippen LogP contribution in [-0.4, -0.2) is 119 Å². The van der Waals surface area contributed by atoms with Gasteiger partial charge in [-0.25, -0.2) is 8.42 Å². The predicted octanol–water partition coefficient (Wildman–Crippen LogP) is 2.51. The minimum atomic E-state index is -3.15. The van der Waals surface area contributed by atoms with E-state index >= 15 is 0 Å². The monoisotopic (exact) mass is 536 g/mol. The van der Waals surface area contributed by atoms with E-state index < -0.39 is 9.84 Å². The molecule has 0 aromatic heterocycles. The van der Waals surface area contributed by atoms with E-state index in [0.717, 1.165) is 57.5 Å². The largest absolute Gasteiger partial charge is 0.497 e. The molecule has 0 spiro atoms. The molecular formula is C28H48N4O4S. The highest BCUT2D eigenvalue weighted by molar-refractivity contribution is 7.91. The van der Waals surface area contributed by atoms with E-state index in [0.29, 0.717) is 38.6 Å². The molecule has 1 unspecified atom stereocenters. The zero-order valence-electron chi connectivity index (χ0n) is 23.5. The van der Waals surface area contributed by atoms with Gasteiger partial charge in [-0.15, -0.1) is 0 Å². The molecule has 0 N–H and O–H groups in total. The van der Waals surface area contributed by atoms with Gasteiger partial charge in [-0.2, -0.15) is 0 Å². The highest BCUT2D eigenvalue weighted by Crippen LogP contribution is 2.28. The number of carbonyl (C=O) groups is 1. The Morgan fingerprint density at radius 3 is 2.57 bits per heavy atom. The molecular weight excluding hydrogens is 488 g/mol. The van der Waals surface area contributed by atoms with Crippen molar-refractivity contribution >= 4 is 15.7 Å². The summed E-state index contributed by atoms with van der Waals surface area (Å²) in [5.41, 5.74) is 2.87. The van der Waals surface area contributed by atoms with Crippen molar-refractivity contribution in [2.75, 3.05) is 78.6 Å². The minimum absolute atomic E-state index is 0.0469. The molecule has 1 heterocycles. The number of amides is 1. The first-order valence-electron chi connectivity index (χ1n) is 14.0. The molecule has 1 aliphatic heterocycles. The topological polar surface area (TPSA) is 73.4 Å². The summed E-state index contributed by atoms with van der Waals surface area (Å²) in [5, 5.41) is 0. The van der Waals surface area contributed by atoms with Crippen LogP contribution in [0.2, 0.25) is 0 Å². The number of methoxy groups -OCH3 is 1. The Morgan fingerprint density at radius 2 is 1.84 bits per heavy atom. The van der Waals surface area contributed by atoms with Gasteiger partial charge in [0.25, 0.3) is 0 Å². The maximum absolute atomic E-state index is 12.7. The Bertz CT molecular complexity index is 969. The number of unbranched alkanes of at least 4 members (excludes halogenated alkanes) is 1. The molecule has 0 radical (unpaired) electrons. The molecule has 1 amide bonds. The number of rotatable bonds is 14.